The third kappa shape index (κ3) is 7.50. The zero-order valence-corrected chi connectivity index (χ0v) is 16.0. The molecule has 0 heterocycles. The first-order chi connectivity index (χ1) is 12.7. The van der Waals surface area contributed by atoms with Crippen LogP contribution in [0, 0.1) is 0 Å². The fourth-order valence-corrected chi connectivity index (χ4v) is 2.81. The van der Waals surface area contributed by atoms with E-state index >= 15 is 0 Å². The van der Waals surface area contributed by atoms with E-state index in [1.165, 1.54) is 0 Å². The minimum Gasteiger partial charge on any atom is -0.489 e. The predicted octanol–water partition coefficient (Wildman–Crippen LogP) is 3.70. The number of carbonyl (C=O) groups excluding carboxylic acids is 1. The zero-order valence-electron chi connectivity index (χ0n) is 15.1. The number of amides is 1. The first-order valence-electron chi connectivity index (χ1n) is 9.09. The summed E-state index contributed by atoms with van der Waals surface area (Å²) in [5, 5.41) is 2.91. The van der Waals surface area contributed by atoms with E-state index in [2.05, 4.69) is 17.9 Å². The standard InChI is InChI=1S/C21H28N2O2S/c22-20(12-5-2-6-13-26)21(24)23-15-18-10-7-11-19(14-18)25-16-17-8-3-1-4-9-17/h1,3-4,7-11,14,20,26H,2,5-6,12-13,15-16,22H2,(H,23,24)/t20-/m0/s1. The molecule has 0 saturated carbocycles. The van der Waals surface area contributed by atoms with Gasteiger partial charge in [-0.1, -0.05) is 55.3 Å². The quantitative estimate of drug-likeness (QED) is 0.416. The Labute approximate surface area is 161 Å². The maximum absolute atomic E-state index is 12.1. The van der Waals surface area contributed by atoms with E-state index < -0.39 is 6.04 Å². The number of rotatable bonds is 11. The van der Waals surface area contributed by atoms with E-state index in [4.69, 9.17) is 10.5 Å². The molecule has 0 aliphatic rings. The second-order valence-corrected chi connectivity index (χ2v) is 6.77. The predicted molar refractivity (Wildman–Crippen MR) is 109 cm³/mol. The molecule has 0 spiro atoms. The van der Waals surface area contributed by atoms with Crippen LogP contribution in [-0.2, 0) is 17.9 Å². The van der Waals surface area contributed by atoms with Gasteiger partial charge < -0.3 is 15.8 Å². The van der Waals surface area contributed by atoms with Crippen LogP contribution in [0.2, 0.25) is 0 Å². The zero-order chi connectivity index (χ0) is 18.6. The van der Waals surface area contributed by atoms with Crippen LogP contribution < -0.4 is 15.8 Å². The van der Waals surface area contributed by atoms with E-state index in [-0.39, 0.29) is 5.91 Å². The lowest BCUT2D eigenvalue weighted by Gasteiger charge is -2.13. The number of hydrogen-bond donors (Lipinski definition) is 3. The fraction of sp³-hybridized carbons (Fsp3) is 0.381. The molecule has 0 aliphatic carbocycles. The number of carbonyl (C=O) groups is 1. The first kappa shape index (κ1) is 20.3. The van der Waals surface area contributed by atoms with Crippen LogP contribution in [0.5, 0.6) is 5.75 Å². The fourth-order valence-electron chi connectivity index (χ4n) is 2.59. The highest BCUT2D eigenvalue weighted by Gasteiger charge is 2.12. The maximum Gasteiger partial charge on any atom is 0.237 e. The van der Waals surface area contributed by atoms with E-state index in [1.54, 1.807) is 0 Å². The average Bonchev–Trinajstić information content (AvgIpc) is 2.69. The molecule has 3 N–H and O–H groups in total. The summed E-state index contributed by atoms with van der Waals surface area (Å²) in [6.45, 7) is 0.972. The van der Waals surface area contributed by atoms with Gasteiger partial charge in [-0.05, 0) is 41.9 Å². The Balaban J connectivity index is 1.76. The summed E-state index contributed by atoms with van der Waals surface area (Å²) in [6.07, 6.45) is 3.79. The van der Waals surface area contributed by atoms with E-state index in [9.17, 15) is 4.79 Å². The van der Waals surface area contributed by atoms with E-state index in [0.29, 0.717) is 19.6 Å². The maximum atomic E-state index is 12.1. The molecule has 0 aliphatic heterocycles. The van der Waals surface area contributed by atoms with Gasteiger partial charge in [0.1, 0.15) is 12.4 Å². The molecule has 2 aromatic carbocycles. The van der Waals surface area contributed by atoms with Crippen LogP contribution >= 0.6 is 12.6 Å². The van der Waals surface area contributed by atoms with Crippen molar-refractivity contribution in [1.29, 1.82) is 0 Å². The van der Waals surface area contributed by atoms with Gasteiger partial charge in [0.05, 0.1) is 6.04 Å². The molecule has 0 unspecified atom stereocenters. The van der Waals surface area contributed by atoms with Gasteiger partial charge in [0, 0.05) is 6.54 Å². The minimum atomic E-state index is -0.451. The van der Waals surface area contributed by atoms with Crippen LogP contribution in [0.4, 0.5) is 0 Å². The van der Waals surface area contributed by atoms with Crippen LogP contribution in [0.25, 0.3) is 0 Å². The molecule has 140 valence electrons. The summed E-state index contributed by atoms with van der Waals surface area (Å²) >= 11 is 4.18. The first-order valence-corrected chi connectivity index (χ1v) is 9.72. The second-order valence-electron chi connectivity index (χ2n) is 6.32. The average molecular weight is 373 g/mol. The lowest BCUT2D eigenvalue weighted by molar-refractivity contribution is -0.122. The van der Waals surface area contributed by atoms with Crippen molar-refractivity contribution in [2.45, 2.75) is 44.9 Å². The summed E-state index contributed by atoms with van der Waals surface area (Å²) in [5.74, 6) is 1.56. The Morgan fingerprint density at radius 2 is 1.81 bits per heavy atom. The highest BCUT2D eigenvalue weighted by molar-refractivity contribution is 7.80. The number of thiol groups is 1. The normalized spacial score (nSPS) is 11.8. The van der Waals surface area contributed by atoms with Crippen LogP contribution in [0.1, 0.15) is 36.8 Å². The second kappa shape index (κ2) is 11.6. The molecular weight excluding hydrogens is 344 g/mol. The minimum absolute atomic E-state index is 0.105. The Morgan fingerprint density at radius 3 is 2.58 bits per heavy atom. The molecule has 2 aromatic rings. The summed E-state index contributed by atoms with van der Waals surface area (Å²) < 4.78 is 5.82. The Morgan fingerprint density at radius 1 is 1.04 bits per heavy atom. The van der Waals surface area contributed by atoms with E-state index in [1.807, 2.05) is 54.6 Å². The molecule has 0 saturated heterocycles. The highest BCUT2D eigenvalue weighted by Crippen LogP contribution is 2.15. The number of nitrogens with one attached hydrogen (secondary N) is 1. The van der Waals surface area contributed by atoms with Crippen molar-refractivity contribution in [2.24, 2.45) is 5.73 Å². The third-order valence-corrected chi connectivity index (χ3v) is 4.44. The lowest BCUT2D eigenvalue weighted by atomic mass is 10.1. The molecule has 0 aromatic heterocycles. The Bertz CT molecular complexity index is 664. The van der Waals surface area contributed by atoms with Crippen molar-refractivity contribution in [3.63, 3.8) is 0 Å². The van der Waals surface area contributed by atoms with Crippen molar-refractivity contribution in [3.8, 4) is 5.75 Å². The van der Waals surface area contributed by atoms with Crippen molar-refractivity contribution in [2.75, 3.05) is 5.75 Å². The molecule has 1 atom stereocenters. The number of benzene rings is 2. The topological polar surface area (TPSA) is 64.4 Å². The Hall–Kier alpha value is -1.98. The number of ether oxygens (including phenoxy) is 1. The van der Waals surface area contributed by atoms with Crippen molar-refractivity contribution in [1.82, 2.24) is 5.32 Å². The van der Waals surface area contributed by atoms with Gasteiger partial charge in [-0.15, -0.1) is 0 Å². The monoisotopic (exact) mass is 372 g/mol. The molecule has 0 radical (unpaired) electrons. The van der Waals surface area contributed by atoms with Crippen molar-refractivity contribution >= 4 is 18.5 Å². The van der Waals surface area contributed by atoms with Crippen molar-refractivity contribution < 1.29 is 9.53 Å². The highest BCUT2D eigenvalue weighted by atomic mass is 32.1. The van der Waals surface area contributed by atoms with Crippen LogP contribution in [0.15, 0.2) is 54.6 Å². The van der Waals surface area contributed by atoms with Gasteiger partial charge in [0.25, 0.3) is 0 Å². The largest absolute Gasteiger partial charge is 0.489 e. The molecule has 5 heteroatoms. The lowest BCUT2D eigenvalue weighted by Crippen LogP contribution is -2.40. The molecule has 0 fully saturated rings. The Kier molecular flexibility index (Phi) is 9.07. The van der Waals surface area contributed by atoms with Gasteiger partial charge in [-0.25, -0.2) is 0 Å². The summed E-state index contributed by atoms with van der Waals surface area (Å²) in [4.78, 5) is 12.1. The number of nitrogens with two attached hydrogens (primary N) is 1. The molecule has 2 rings (SSSR count). The van der Waals surface area contributed by atoms with Gasteiger partial charge in [-0.3, -0.25) is 4.79 Å². The van der Waals surface area contributed by atoms with Crippen LogP contribution in [0.3, 0.4) is 0 Å². The third-order valence-electron chi connectivity index (χ3n) is 4.12. The smallest absolute Gasteiger partial charge is 0.237 e. The SMILES string of the molecule is N[C@@H](CCCCCS)C(=O)NCc1cccc(OCc2ccccc2)c1. The number of unbranched alkanes of at least 4 members (excludes halogenated alkanes) is 2. The molecule has 1 amide bonds. The van der Waals surface area contributed by atoms with Gasteiger partial charge in [0.2, 0.25) is 5.91 Å². The van der Waals surface area contributed by atoms with E-state index in [0.717, 1.165) is 41.9 Å². The summed E-state index contributed by atoms with van der Waals surface area (Å²) in [5.41, 5.74) is 8.06. The summed E-state index contributed by atoms with van der Waals surface area (Å²) in [6, 6.07) is 17.3. The van der Waals surface area contributed by atoms with Gasteiger partial charge in [0.15, 0.2) is 0 Å². The molecule has 4 nitrogen and oxygen atoms in total. The van der Waals surface area contributed by atoms with Crippen molar-refractivity contribution in [3.05, 3.63) is 65.7 Å². The molecule has 26 heavy (non-hydrogen) atoms. The molecule has 0 bridgehead atoms. The van der Waals surface area contributed by atoms with Gasteiger partial charge in [-0.2, -0.15) is 12.6 Å². The number of hydrogen-bond acceptors (Lipinski definition) is 4. The molecular formula is C21H28N2O2S. The summed E-state index contributed by atoms with van der Waals surface area (Å²) in [7, 11) is 0. The van der Waals surface area contributed by atoms with Gasteiger partial charge >= 0.3 is 0 Å². The van der Waals surface area contributed by atoms with Crippen LogP contribution in [-0.4, -0.2) is 17.7 Å².